The summed E-state index contributed by atoms with van der Waals surface area (Å²) in [6.45, 7) is 1.57. The molecule has 18 heavy (non-hydrogen) atoms. The molecular formula is C12H12FNO3S. The van der Waals surface area contributed by atoms with Crippen LogP contribution in [-0.4, -0.2) is 39.6 Å². The molecule has 6 heteroatoms. The van der Waals surface area contributed by atoms with E-state index >= 15 is 0 Å². The summed E-state index contributed by atoms with van der Waals surface area (Å²) in [5.74, 6) is -1.01. The van der Waals surface area contributed by atoms with Crippen LogP contribution in [0.3, 0.4) is 0 Å². The summed E-state index contributed by atoms with van der Waals surface area (Å²) in [6, 6.07) is 3.25. The largest absolute Gasteiger partial charge is 0.480 e. The summed E-state index contributed by atoms with van der Waals surface area (Å²) in [6.07, 6.45) is 0. The van der Waals surface area contributed by atoms with Gasteiger partial charge in [0.05, 0.1) is 5.88 Å². The van der Waals surface area contributed by atoms with Crippen molar-refractivity contribution >= 4 is 23.6 Å². The van der Waals surface area contributed by atoms with Gasteiger partial charge in [-0.3, -0.25) is 4.79 Å². The van der Waals surface area contributed by atoms with E-state index in [-0.39, 0.29) is 11.7 Å². The van der Waals surface area contributed by atoms with Crippen LogP contribution < -0.4 is 0 Å². The molecule has 1 aliphatic rings. The molecule has 1 heterocycles. The maximum absolute atomic E-state index is 13.1. The Kier molecular flexibility index (Phi) is 3.56. The second-order valence-corrected chi connectivity index (χ2v) is 5.09. The lowest BCUT2D eigenvalue weighted by Crippen LogP contribution is -2.41. The Morgan fingerprint density at radius 2 is 2.22 bits per heavy atom. The van der Waals surface area contributed by atoms with E-state index in [4.69, 9.17) is 5.11 Å². The van der Waals surface area contributed by atoms with Gasteiger partial charge in [0.2, 0.25) is 0 Å². The Bertz CT molecular complexity index is 506. The van der Waals surface area contributed by atoms with Crippen molar-refractivity contribution in [2.24, 2.45) is 0 Å². The van der Waals surface area contributed by atoms with Crippen molar-refractivity contribution in [1.29, 1.82) is 0 Å². The number of hydrogen-bond acceptors (Lipinski definition) is 3. The van der Waals surface area contributed by atoms with Crippen LogP contribution in [0.25, 0.3) is 0 Å². The number of benzene rings is 1. The summed E-state index contributed by atoms with van der Waals surface area (Å²) in [5, 5.41) is 9.01. The van der Waals surface area contributed by atoms with Crippen LogP contribution in [0, 0.1) is 12.7 Å². The zero-order valence-electron chi connectivity index (χ0n) is 9.72. The monoisotopic (exact) mass is 269 g/mol. The van der Waals surface area contributed by atoms with Crippen molar-refractivity contribution in [2.45, 2.75) is 13.0 Å². The van der Waals surface area contributed by atoms with Crippen molar-refractivity contribution in [3.63, 3.8) is 0 Å². The third-order valence-corrected chi connectivity index (χ3v) is 3.85. The normalized spacial score (nSPS) is 19.0. The predicted molar refractivity (Wildman–Crippen MR) is 66.1 cm³/mol. The van der Waals surface area contributed by atoms with Crippen molar-refractivity contribution in [1.82, 2.24) is 4.90 Å². The number of carboxylic acids is 1. The first-order valence-electron chi connectivity index (χ1n) is 5.38. The molecule has 0 unspecified atom stereocenters. The summed E-state index contributed by atoms with van der Waals surface area (Å²) in [7, 11) is 0. The first kappa shape index (κ1) is 12.9. The minimum absolute atomic E-state index is 0.322. The van der Waals surface area contributed by atoms with Gasteiger partial charge in [-0.15, -0.1) is 11.8 Å². The second kappa shape index (κ2) is 4.97. The molecule has 1 aromatic rings. The van der Waals surface area contributed by atoms with Crippen molar-refractivity contribution in [2.75, 3.05) is 11.6 Å². The average Bonchev–Trinajstić information content (AvgIpc) is 2.81. The number of nitrogens with zero attached hydrogens (tertiary/aromatic N) is 1. The first-order chi connectivity index (χ1) is 8.50. The summed E-state index contributed by atoms with van der Waals surface area (Å²) >= 11 is 1.40. The third kappa shape index (κ3) is 2.33. The lowest BCUT2D eigenvalue weighted by molar-refractivity contribution is -0.140. The number of aryl methyl sites for hydroxylation is 1. The minimum Gasteiger partial charge on any atom is -0.480 e. The number of halogens is 1. The highest BCUT2D eigenvalue weighted by molar-refractivity contribution is 7.99. The van der Waals surface area contributed by atoms with Crippen LogP contribution in [0.4, 0.5) is 4.39 Å². The second-order valence-electron chi connectivity index (χ2n) is 4.09. The SMILES string of the molecule is Cc1cc(C(=O)N2CSC[C@H]2C(=O)O)ccc1F. The van der Waals surface area contributed by atoms with Gasteiger partial charge in [0.25, 0.3) is 5.91 Å². The van der Waals surface area contributed by atoms with E-state index in [0.717, 1.165) is 0 Å². The van der Waals surface area contributed by atoms with Gasteiger partial charge in [-0.05, 0) is 30.7 Å². The molecule has 0 spiro atoms. The fraction of sp³-hybridized carbons (Fsp3) is 0.333. The fourth-order valence-corrected chi connectivity index (χ4v) is 2.94. The average molecular weight is 269 g/mol. The zero-order chi connectivity index (χ0) is 13.3. The van der Waals surface area contributed by atoms with Crippen molar-refractivity contribution in [3.05, 3.63) is 35.1 Å². The van der Waals surface area contributed by atoms with Crippen molar-refractivity contribution < 1.29 is 19.1 Å². The lowest BCUT2D eigenvalue weighted by atomic mass is 10.1. The number of hydrogen-bond donors (Lipinski definition) is 1. The topological polar surface area (TPSA) is 57.6 Å². The molecule has 2 rings (SSSR count). The van der Waals surface area contributed by atoms with Gasteiger partial charge >= 0.3 is 5.97 Å². The van der Waals surface area contributed by atoms with Crippen LogP contribution in [0.2, 0.25) is 0 Å². The Morgan fingerprint density at radius 1 is 1.50 bits per heavy atom. The molecule has 1 aromatic carbocycles. The molecule has 0 radical (unpaired) electrons. The molecule has 1 amide bonds. The smallest absolute Gasteiger partial charge is 0.327 e. The Morgan fingerprint density at radius 3 is 2.83 bits per heavy atom. The minimum atomic E-state index is -1.01. The van der Waals surface area contributed by atoms with Crippen LogP contribution in [0.1, 0.15) is 15.9 Å². The molecule has 0 aliphatic carbocycles. The molecule has 1 fully saturated rings. The molecule has 1 aliphatic heterocycles. The zero-order valence-corrected chi connectivity index (χ0v) is 10.5. The van der Waals surface area contributed by atoms with Crippen LogP contribution in [-0.2, 0) is 4.79 Å². The Labute approximate surface area is 108 Å². The molecule has 0 bridgehead atoms. The van der Waals surface area contributed by atoms with E-state index in [1.165, 1.54) is 34.9 Å². The number of rotatable bonds is 2. The van der Waals surface area contributed by atoms with Gasteiger partial charge in [0.1, 0.15) is 11.9 Å². The molecule has 1 N–H and O–H groups in total. The van der Waals surface area contributed by atoms with Gasteiger partial charge in [0, 0.05) is 11.3 Å². The molecule has 0 aromatic heterocycles. The molecule has 1 saturated heterocycles. The maximum atomic E-state index is 13.1. The maximum Gasteiger partial charge on any atom is 0.327 e. The molecule has 96 valence electrons. The number of carbonyl (C=O) groups is 2. The highest BCUT2D eigenvalue weighted by Gasteiger charge is 2.35. The van der Waals surface area contributed by atoms with Crippen molar-refractivity contribution in [3.8, 4) is 0 Å². The van der Waals surface area contributed by atoms with Gasteiger partial charge in [-0.2, -0.15) is 0 Å². The highest BCUT2D eigenvalue weighted by atomic mass is 32.2. The van der Waals surface area contributed by atoms with Gasteiger partial charge in [-0.25, -0.2) is 9.18 Å². The van der Waals surface area contributed by atoms with E-state index in [2.05, 4.69) is 0 Å². The molecule has 4 nitrogen and oxygen atoms in total. The predicted octanol–water partition coefficient (Wildman–Crippen LogP) is 1.73. The van der Waals surface area contributed by atoms with E-state index in [9.17, 15) is 14.0 Å². The van der Waals surface area contributed by atoms with Crippen LogP contribution in [0.5, 0.6) is 0 Å². The van der Waals surface area contributed by atoms with E-state index < -0.39 is 12.0 Å². The van der Waals surface area contributed by atoms with E-state index in [1.54, 1.807) is 6.92 Å². The van der Waals surface area contributed by atoms with Crippen LogP contribution in [0.15, 0.2) is 18.2 Å². The lowest BCUT2D eigenvalue weighted by Gasteiger charge is -2.20. The summed E-state index contributed by atoms with van der Waals surface area (Å²) in [5.41, 5.74) is 0.697. The van der Waals surface area contributed by atoms with Gasteiger partial charge < -0.3 is 10.0 Å². The number of carbonyl (C=O) groups excluding carboxylic acids is 1. The van der Waals surface area contributed by atoms with Crippen LogP contribution >= 0.6 is 11.8 Å². The Balaban J connectivity index is 2.25. The molecular weight excluding hydrogens is 257 g/mol. The van der Waals surface area contributed by atoms with Gasteiger partial charge in [0.15, 0.2) is 0 Å². The number of amides is 1. The third-order valence-electron chi connectivity index (χ3n) is 2.83. The van der Waals surface area contributed by atoms with E-state index in [1.807, 2.05) is 0 Å². The number of thioether (sulfide) groups is 1. The first-order valence-corrected chi connectivity index (χ1v) is 6.54. The Hall–Kier alpha value is -1.56. The number of aliphatic carboxylic acids is 1. The summed E-state index contributed by atoms with van der Waals surface area (Å²) < 4.78 is 13.1. The quantitative estimate of drug-likeness (QED) is 0.888. The van der Waals surface area contributed by atoms with E-state index in [0.29, 0.717) is 22.8 Å². The fourth-order valence-electron chi connectivity index (χ4n) is 1.79. The molecule has 1 atom stereocenters. The summed E-state index contributed by atoms with van der Waals surface area (Å²) in [4.78, 5) is 24.5. The number of carboxylic acid groups (broad SMARTS) is 1. The highest BCUT2D eigenvalue weighted by Crippen LogP contribution is 2.23. The molecule has 0 saturated carbocycles. The van der Waals surface area contributed by atoms with Gasteiger partial charge in [-0.1, -0.05) is 0 Å². The standard InChI is InChI=1S/C12H12FNO3S/c1-7-4-8(2-3-9(7)13)11(15)14-6-18-5-10(14)12(16)17/h2-4,10H,5-6H2,1H3,(H,16,17)/t10-/m0/s1.